The van der Waals surface area contributed by atoms with E-state index in [4.69, 9.17) is 9.26 Å². The van der Waals surface area contributed by atoms with E-state index in [9.17, 15) is 4.79 Å². The number of nitrogens with zero attached hydrogens (tertiary/aromatic N) is 2. The largest absolute Gasteiger partial charge is 0.466 e. The second kappa shape index (κ2) is 5.77. The first-order chi connectivity index (χ1) is 8.69. The quantitative estimate of drug-likeness (QED) is 0.812. The van der Waals surface area contributed by atoms with Crippen LogP contribution in [0.5, 0.6) is 0 Å². The third-order valence-corrected chi connectivity index (χ3v) is 2.65. The molecule has 0 unspecified atom stereocenters. The van der Waals surface area contributed by atoms with Crippen molar-refractivity contribution >= 4 is 21.9 Å². The van der Waals surface area contributed by atoms with Gasteiger partial charge >= 0.3 is 5.97 Å². The highest BCUT2D eigenvalue weighted by atomic mass is 79.9. The lowest BCUT2D eigenvalue weighted by Crippen LogP contribution is -2.07. The summed E-state index contributed by atoms with van der Waals surface area (Å²) in [6, 6.07) is 7.52. The zero-order chi connectivity index (χ0) is 13.0. The summed E-state index contributed by atoms with van der Waals surface area (Å²) in [4.78, 5) is 15.4. The van der Waals surface area contributed by atoms with E-state index < -0.39 is 0 Å². The van der Waals surface area contributed by atoms with Crippen molar-refractivity contribution in [1.29, 1.82) is 0 Å². The zero-order valence-electron chi connectivity index (χ0n) is 9.72. The van der Waals surface area contributed by atoms with E-state index in [0.717, 1.165) is 10.0 Å². The molecule has 0 aliphatic rings. The first-order valence-corrected chi connectivity index (χ1v) is 6.22. The van der Waals surface area contributed by atoms with Gasteiger partial charge in [0.15, 0.2) is 0 Å². The van der Waals surface area contributed by atoms with Crippen LogP contribution in [0.3, 0.4) is 0 Å². The summed E-state index contributed by atoms with van der Waals surface area (Å²) in [6.07, 6.45) is -0.00512. The van der Waals surface area contributed by atoms with E-state index in [1.807, 2.05) is 24.3 Å². The van der Waals surface area contributed by atoms with Crippen molar-refractivity contribution < 1.29 is 14.1 Å². The molecule has 0 saturated heterocycles. The number of hydrogen-bond acceptors (Lipinski definition) is 5. The molecule has 5 nitrogen and oxygen atoms in total. The van der Waals surface area contributed by atoms with E-state index in [-0.39, 0.29) is 18.3 Å². The van der Waals surface area contributed by atoms with Gasteiger partial charge in [0.25, 0.3) is 0 Å². The lowest BCUT2D eigenvalue weighted by Gasteiger charge is -1.96. The van der Waals surface area contributed by atoms with Crippen LogP contribution in [0, 0.1) is 0 Å². The Morgan fingerprint density at radius 1 is 1.50 bits per heavy atom. The molecule has 0 fully saturated rings. The van der Waals surface area contributed by atoms with Gasteiger partial charge in [0.05, 0.1) is 6.61 Å². The fourth-order valence-electron chi connectivity index (χ4n) is 1.41. The lowest BCUT2D eigenvalue weighted by atomic mass is 10.2. The van der Waals surface area contributed by atoms with Crippen molar-refractivity contribution in [2.75, 3.05) is 6.61 Å². The van der Waals surface area contributed by atoms with Crippen molar-refractivity contribution in [2.24, 2.45) is 0 Å². The molecule has 1 aromatic carbocycles. The normalized spacial score (nSPS) is 10.3. The van der Waals surface area contributed by atoms with Crippen LogP contribution < -0.4 is 0 Å². The second-order valence-electron chi connectivity index (χ2n) is 3.50. The SMILES string of the molecule is CCOC(=O)Cc1nc(-c2cccc(Br)c2)no1. The molecule has 2 aromatic rings. The van der Waals surface area contributed by atoms with E-state index in [1.54, 1.807) is 6.92 Å². The van der Waals surface area contributed by atoms with Crippen LogP contribution in [0.1, 0.15) is 12.8 Å². The standard InChI is InChI=1S/C12H11BrN2O3/c1-2-17-11(16)7-10-14-12(15-18-10)8-4-3-5-9(13)6-8/h3-6H,2,7H2,1H3. The first-order valence-electron chi connectivity index (χ1n) is 5.43. The van der Waals surface area contributed by atoms with Crippen LogP contribution in [-0.2, 0) is 16.0 Å². The molecule has 0 saturated carbocycles. The van der Waals surface area contributed by atoms with Crippen LogP contribution in [0.2, 0.25) is 0 Å². The molecule has 2 rings (SSSR count). The number of hydrogen-bond donors (Lipinski definition) is 0. The van der Waals surface area contributed by atoms with Crippen molar-refractivity contribution in [3.63, 3.8) is 0 Å². The number of ether oxygens (including phenoxy) is 1. The molecule has 1 heterocycles. The molecule has 0 aliphatic heterocycles. The monoisotopic (exact) mass is 310 g/mol. The van der Waals surface area contributed by atoms with Crippen LogP contribution in [0.25, 0.3) is 11.4 Å². The van der Waals surface area contributed by atoms with Gasteiger partial charge in [-0.05, 0) is 19.1 Å². The highest BCUT2D eigenvalue weighted by Gasteiger charge is 2.13. The smallest absolute Gasteiger partial charge is 0.315 e. The molecule has 1 aromatic heterocycles. The van der Waals surface area contributed by atoms with Crippen LogP contribution >= 0.6 is 15.9 Å². The maximum absolute atomic E-state index is 11.3. The Hall–Kier alpha value is -1.69. The number of carbonyl (C=O) groups excluding carboxylic acids is 1. The van der Waals surface area contributed by atoms with E-state index in [1.165, 1.54) is 0 Å². The van der Waals surface area contributed by atoms with E-state index in [2.05, 4.69) is 26.1 Å². The van der Waals surface area contributed by atoms with Crippen LogP contribution in [0.15, 0.2) is 33.3 Å². The predicted octanol–water partition coefficient (Wildman–Crippen LogP) is 2.60. The Bertz CT molecular complexity index is 554. The molecule has 0 N–H and O–H groups in total. The lowest BCUT2D eigenvalue weighted by molar-refractivity contribution is -0.142. The molecular formula is C12H11BrN2O3. The molecule has 0 spiro atoms. The Morgan fingerprint density at radius 3 is 3.06 bits per heavy atom. The second-order valence-corrected chi connectivity index (χ2v) is 4.42. The molecule has 0 radical (unpaired) electrons. The van der Waals surface area contributed by atoms with Crippen molar-refractivity contribution in [2.45, 2.75) is 13.3 Å². The predicted molar refractivity (Wildman–Crippen MR) is 67.8 cm³/mol. The maximum Gasteiger partial charge on any atom is 0.315 e. The molecule has 6 heteroatoms. The molecule has 18 heavy (non-hydrogen) atoms. The minimum Gasteiger partial charge on any atom is -0.466 e. The van der Waals surface area contributed by atoms with Crippen molar-refractivity contribution in [3.05, 3.63) is 34.6 Å². The summed E-state index contributed by atoms with van der Waals surface area (Å²) in [5.74, 6) is 0.334. The summed E-state index contributed by atoms with van der Waals surface area (Å²) >= 11 is 3.37. The number of rotatable bonds is 4. The third-order valence-electron chi connectivity index (χ3n) is 2.15. The Morgan fingerprint density at radius 2 is 2.33 bits per heavy atom. The van der Waals surface area contributed by atoms with Crippen molar-refractivity contribution in [3.8, 4) is 11.4 Å². The summed E-state index contributed by atoms with van der Waals surface area (Å²) in [6.45, 7) is 2.09. The van der Waals surface area contributed by atoms with E-state index in [0.29, 0.717) is 12.4 Å². The fraction of sp³-hybridized carbons (Fsp3) is 0.250. The molecule has 0 aliphatic carbocycles. The van der Waals surface area contributed by atoms with Gasteiger partial charge in [-0.2, -0.15) is 4.98 Å². The average Bonchev–Trinajstić information content (AvgIpc) is 2.78. The van der Waals surface area contributed by atoms with Gasteiger partial charge in [-0.15, -0.1) is 0 Å². The number of halogens is 1. The zero-order valence-corrected chi connectivity index (χ0v) is 11.3. The highest BCUT2D eigenvalue weighted by molar-refractivity contribution is 9.10. The molecule has 0 amide bonds. The maximum atomic E-state index is 11.3. The highest BCUT2D eigenvalue weighted by Crippen LogP contribution is 2.20. The van der Waals surface area contributed by atoms with Gasteiger partial charge in [-0.25, -0.2) is 0 Å². The Balaban J connectivity index is 2.13. The summed E-state index contributed by atoms with van der Waals surface area (Å²) in [5.41, 5.74) is 0.822. The Labute approximate surface area is 112 Å². The van der Waals surface area contributed by atoms with Crippen LogP contribution in [-0.4, -0.2) is 22.7 Å². The van der Waals surface area contributed by atoms with Gasteiger partial charge < -0.3 is 9.26 Å². The third kappa shape index (κ3) is 3.16. The minimum atomic E-state index is -0.373. The molecule has 0 atom stereocenters. The van der Waals surface area contributed by atoms with Gasteiger partial charge in [0.2, 0.25) is 11.7 Å². The number of benzene rings is 1. The first kappa shape index (κ1) is 12.8. The number of esters is 1. The topological polar surface area (TPSA) is 65.2 Å². The Kier molecular flexibility index (Phi) is 4.09. The van der Waals surface area contributed by atoms with Gasteiger partial charge in [0, 0.05) is 10.0 Å². The molecule has 94 valence electrons. The number of aromatic nitrogens is 2. The van der Waals surface area contributed by atoms with Crippen LogP contribution in [0.4, 0.5) is 0 Å². The van der Waals surface area contributed by atoms with Gasteiger partial charge in [0.1, 0.15) is 6.42 Å². The molecular weight excluding hydrogens is 300 g/mol. The fourth-order valence-corrected chi connectivity index (χ4v) is 1.81. The van der Waals surface area contributed by atoms with Gasteiger partial charge in [-0.1, -0.05) is 33.2 Å². The summed E-state index contributed by atoms with van der Waals surface area (Å²) < 4.78 is 10.7. The minimum absolute atomic E-state index is 0.00512. The van der Waals surface area contributed by atoms with E-state index >= 15 is 0 Å². The number of carbonyl (C=O) groups is 1. The van der Waals surface area contributed by atoms with Gasteiger partial charge in [-0.3, -0.25) is 4.79 Å². The average molecular weight is 311 g/mol. The van der Waals surface area contributed by atoms with Crippen molar-refractivity contribution in [1.82, 2.24) is 10.1 Å². The molecule has 0 bridgehead atoms. The summed E-state index contributed by atoms with van der Waals surface area (Å²) in [7, 11) is 0. The summed E-state index contributed by atoms with van der Waals surface area (Å²) in [5, 5.41) is 3.83.